The molecule has 0 aromatic heterocycles. The Morgan fingerprint density at radius 3 is 2.08 bits per heavy atom. The molecule has 0 amide bonds. The molecule has 0 aliphatic carbocycles. The molecule has 1 atom stereocenters. The van der Waals surface area contributed by atoms with E-state index < -0.39 is 11.6 Å². The fourth-order valence-electron chi connectivity index (χ4n) is 1.67. The summed E-state index contributed by atoms with van der Waals surface area (Å²) in [5.41, 5.74) is -1.49. The van der Waals surface area contributed by atoms with Crippen LogP contribution in [0.25, 0.3) is 0 Å². The van der Waals surface area contributed by atoms with Gasteiger partial charge in [-0.25, -0.2) is 0 Å². The monoisotopic (exact) mass is 195 g/mol. The van der Waals surface area contributed by atoms with Gasteiger partial charge in [0.15, 0.2) is 0 Å². The van der Waals surface area contributed by atoms with Crippen molar-refractivity contribution in [3.8, 4) is 0 Å². The van der Waals surface area contributed by atoms with Gasteiger partial charge in [-0.05, 0) is 33.7 Å². The molecular formula is C9H16F3N. The SMILES string of the molecule is CC(C)N1CCC(C)(C(F)(F)F)C1. The van der Waals surface area contributed by atoms with Crippen molar-refractivity contribution in [3.63, 3.8) is 0 Å². The van der Waals surface area contributed by atoms with Gasteiger partial charge in [-0.3, -0.25) is 0 Å². The van der Waals surface area contributed by atoms with Crippen molar-refractivity contribution >= 4 is 0 Å². The van der Waals surface area contributed by atoms with Crippen LogP contribution in [0.1, 0.15) is 27.2 Å². The molecule has 1 aliphatic heterocycles. The lowest BCUT2D eigenvalue weighted by Crippen LogP contribution is -2.39. The molecule has 0 aromatic carbocycles. The number of likely N-dealkylation sites (tertiary alicyclic amines) is 1. The van der Waals surface area contributed by atoms with E-state index in [2.05, 4.69) is 0 Å². The van der Waals surface area contributed by atoms with Crippen molar-refractivity contribution < 1.29 is 13.2 Å². The van der Waals surface area contributed by atoms with E-state index in [0.717, 1.165) is 0 Å². The van der Waals surface area contributed by atoms with Crippen LogP contribution in [0.5, 0.6) is 0 Å². The smallest absolute Gasteiger partial charge is 0.300 e. The van der Waals surface area contributed by atoms with Crippen LogP contribution in [0, 0.1) is 5.41 Å². The third kappa shape index (κ3) is 1.98. The second-order valence-electron chi connectivity index (χ2n) is 4.37. The van der Waals surface area contributed by atoms with Crippen molar-refractivity contribution in [1.29, 1.82) is 0 Å². The van der Waals surface area contributed by atoms with Crippen LogP contribution in [0.3, 0.4) is 0 Å². The second kappa shape index (κ2) is 3.15. The zero-order valence-electron chi connectivity index (χ0n) is 8.28. The molecule has 0 N–H and O–H groups in total. The van der Waals surface area contributed by atoms with Gasteiger partial charge in [0.25, 0.3) is 0 Å². The highest BCUT2D eigenvalue weighted by Crippen LogP contribution is 2.45. The Kier molecular flexibility index (Phi) is 2.63. The van der Waals surface area contributed by atoms with Crippen molar-refractivity contribution in [2.24, 2.45) is 5.41 Å². The molecule has 1 heterocycles. The van der Waals surface area contributed by atoms with Gasteiger partial charge in [0, 0.05) is 12.6 Å². The number of alkyl halides is 3. The van der Waals surface area contributed by atoms with Crippen LogP contribution in [0.4, 0.5) is 13.2 Å². The van der Waals surface area contributed by atoms with E-state index in [4.69, 9.17) is 0 Å². The summed E-state index contributed by atoms with van der Waals surface area (Å²) in [5, 5.41) is 0. The van der Waals surface area contributed by atoms with Crippen LogP contribution >= 0.6 is 0 Å². The predicted molar refractivity (Wildman–Crippen MR) is 45.5 cm³/mol. The fraction of sp³-hybridized carbons (Fsp3) is 1.00. The van der Waals surface area contributed by atoms with Gasteiger partial charge >= 0.3 is 6.18 Å². The molecule has 1 aliphatic rings. The van der Waals surface area contributed by atoms with E-state index in [0.29, 0.717) is 6.54 Å². The molecular weight excluding hydrogens is 179 g/mol. The molecule has 4 heteroatoms. The van der Waals surface area contributed by atoms with Gasteiger partial charge in [0.1, 0.15) is 0 Å². The quantitative estimate of drug-likeness (QED) is 0.621. The normalized spacial score (nSPS) is 31.6. The number of halogens is 3. The Hall–Kier alpha value is -0.250. The standard InChI is InChI=1S/C9H16F3N/c1-7(2)13-5-4-8(3,6-13)9(10,11)12/h7H,4-6H2,1-3H3. The average Bonchev–Trinajstić information content (AvgIpc) is 2.31. The molecule has 0 radical (unpaired) electrons. The Morgan fingerprint density at radius 2 is 1.85 bits per heavy atom. The zero-order valence-corrected chi connectivity index (χ0v) is 8.28. The number of rotatable bonds is 1. The molecule has 0 spiro atoms. The highest BCUT2D eigenvalue weighted by atomic mass is 19.4. The molecule has 1 rings (SSSR count). The van der Waals surface area contributed by atoms with Crippen molar-refractivity contribution in [2.45, 2.75) is 39.4 Å². The molecule has 13 heavy (non-hydrogen) atoms. The summed E-state index contributed by atoms with van der Waals surface area (Å²) >= 11 is 0. The van der Waals surface area contributed by atoms with Gasteiger partial charge < -0.3 is 4.90 Å². The van der Waals surface area contributed by atoms with Crippen molar-refractivity contribution in [2.75, 3.05) is 13.1 Å². The Morgan fingerprint density at radius 1 is 1.31 bits per heavy atom. The van der Waals surface area contributed by atoms with Crippen molar-refractivity contribution in [3.05, 3.63) is 0 Å². The van der Waals surface area contributed by atoms with Gasteiger partial charge in [-0.2, -0.15) is 13.2 Å². The first kappa shape index (κ1) is 10.8. The van der Waals surface area contributed by atoms with Crippen LogP contribution in [0.2, 0.25) is 0 Å². The molecule has 1 saturated heterocycles. The van der Waals surface area contributed by atoms with Crippen molar-refractivity contribution in [1.82, 2.24) is 4.90 Å². The first-order valence-corrected chi connectivity index (χ1v) is 4.57. The topological polar surface area (TPSA) is 3.24 Å². The minimum absolute atomic E-state index is 0.147. The van der Waals surface area contributed by atoms with Crippen LogP contribution in [-0.4, -0.2) is 30.2 Å². The largest absolute Gasteiger partial charge is 0.395 e. The van der Waals surface area contributed by atoms with Gasteiger partial charge in [-0.15, -0.1) is 0 Å². The molecule has 1 nitrogen and oxygen atoms in total. The highest BCUT2D eigenvalue weighted by molar-refractivity contribution is 4.92. The lowest BCUT2D eigenvalue weighted by Gasteiger charge is -2.28. The molecule has 0 bridgehead atoms. The van der Waals surface area contributed by atoms with Crippen LogP contribution < -0.4 is 0 Å². The number of hydrogen-bond acceptors (Lipinski definition) is 1. The van der Waals surface area contributed by atoms with E-state index in [1.807, 2.05) is 18.7 Å². The Labute approximate surface area is 76.9 Å². The minimum Gasteiger partial charge on any atom is -0.300 e. The van der Waals surface area contributed by atoms with E-state index >= 15 is 0 Å². The van der Waals surface area contributed by atoms with E-state index in [9.17, 15) is 13.2 Å². The van der Waals surface area contributed by atoms with Gasteiger partial charge in [0.2, 0.25) is 0 Å². The molecule has 1 unspecified atom stereocenters. The summed E-state index contributed by atoms with van der Waals surface area (Å²) in [6.07, 6.45) is -3.83. The maximum atomic E-state index is 12.6. The van der Waals surface area contributed by atoms with E-state index in [1.54, 1.807) is 0 Å². The summed E-state index contributed by atoms with van der Waals surface area (Å²) in [6.45, 7) is 5.89. The maximum Gasteiger partial charge on any atom is 0.395 e. The molecule has 1 fully saturated rings. The predicted octanol–water partition coefficient (Wildman–Crippen LogP) is 2.67. The fourth-order valence-corrected chi connectivity index (χ4v) is 1.67. The second-order valence-corrected chi connectivity index (χ2v) is 4.37. The third-order valence-corrected chi connectivity index (χ3v) is 2.92. The van der Waals surface area contributed by atoms with Crippen LogP contribution in [-0.2, 0) is 0 Å². The first-order valence-electron chi connectivity index (χ1n) is 4.57. The first-order chi connectivity index (χ1) is 5.76. The minimum atomic E-state index is -4.06. The summed E-state index contributed by atoms with van der Waals surface area (Å²) in [7, 11) is 0. The number of nitrogens with zero attached hydrogens (tertiary/aromatic N) is 1. The maximum absolute atomic E-state index is 12.6. The highest BCUT2D eigenvalue weighted by Gasteiger charge is 2.54. The zero-order chi connectivity index (χ0) is 10.3. The lowest BCUT2D eigenvalue weighted by molar-refractivity contribution is -0.213. The van der Waals surface area contributed by atoms with E-state index in [1.165, 1.54) is 6.92 Å². The summed E-state index contributed by atoms with van der Waals surface area (Å²) in [6, 6.07) is 0.212. The third-order valence-electron chi connectivity index (χ3n) is 2.92. The Balaban J connectivity index is 2.67. The van der Waals surface area contributed by atoms with Crippen LogP contribution in [0.15, 0.2) is 0 Å². The molecule has 0 aromatic rings. The summed E-state index contributed by atoms with van der Waals surface area (Å²) in [5.74, 6) is 0. The average molecular weight is 195 g/mol. The summed E-state index contributed by atoms with van der Waals surface area (Å²) in [4.78, 5) is 1.88. The molecule has 78 valence electrons. The Bertz CT molecular complexity index is 188. The van der Waals surface area contributed by atoms with Gasteiger partial charge in [0.05, 0.1) is 5.41 Å². The number of hydrogen-bond donors (Lipinski definition) is 0. The van der Waals surface area contributed by atoms with Gasteiger partial charge in [-0.1, -0.05) is 0 Å². The lowest BCUT2D eigenvalue weighted by atomic mass is 9.89. The van der Waals surface area contributed by atoms with E-state index in [-0.39, 0.29) is 19.0 Å². The molecule has 0 saturated carbocycles. The summed E-state index contributed by atoms with van der Waals surface area (Å²) < 4.78 is 37.7.